The molecule has 53 heavy (non-hydrogen) atoms. The Morgan fingerprint density at radius 3 is 1.68 bits per heavy atom. The summed E-state index contributed by atoms with van der Waals surface area (Å²) in [6.45, 7) is 4.33. The number of amides is 1. The maximum Gasteiger partial charge on any atom is 0.268 e. The molecule has 0 fully saturated rings. The number of hydrogen-bond donors (Lipinski definition) is 2. The number of quaternary nitrogens is 1. The fraction of sp³-hybridized carbons (Fsp3) is 0.659. The van der Waals surface area contributed by atoms with Crippen LogP contribution in [-0.4, -0.2) is 68.5 Å². The number of phosphoric ester groups is 1. The van der Waals surface area contributed by atoms with Crippen molar-refractivity contribution in [1.29, 1.82) is 0 Å². The fourth-order valence-electron chi connectivity index (χ4n) is 5.12. The number of aliphatic hydroxyl groups excluding tert-OH is 1. The number of rotatable bonds is 35. The lowest BCUT2D eigenvalue weighted by Gasteiger charge is -2.29. The average molecular weight is 761 g/mol. The van der Waals surface area contributed by atoms with Crippen LogP contribution in [0.2, 0.25) is 0 Å². The summed E-state index contributed by atoms with van der Waals surface area (Å²) >= 11 is 0. The highest BCUT2D eigenvalue weighted by atomic mass is 31.2. The van der Waals surface area contributed by atoms with E-state index in [2.05, 4.69) is 92.1 Å². The van der Waals surface area contributed by atoms with Crippen molar-refractivity contribution in [2.75, 3.05) is 40.9 Å². The van der Waals surface area contributed by atoms with Gasteiger partial charge in [-0.3, -0.25) is 9.36 Å². The number of nitrogens with zero attached hydrogens (tertiary/aromatic N) is 1. The standard InChI is InChI=1S/C44H77N2O6P/c1-6-8-10-12-14-16-18-19-20-21-22-23-24-25-26-27-28-30-32-34-36-38-44(48)45-42(41-52-53(49,50)51-40-39-46(3,4)5)43(47)37-35-33-31-29-17-15-13-11-9-7-2/h8-11,14,16-17,19-20,22-23,29,35,37,42-43,47H,6-7,12-13,15,18,21,24-28,30-34,36,38-41H2,1-5H3,(H-,45,48,49,50)/b10-8-,11-9+,16-14-,20-19-,23-22-,29-17+,37-35+. The van der Waals surface area contributed by atoms with Gasteiger partial charge in [-0.05, 0) is 77.0 Å². The van der Waals surface area contributed by atoms with E-state index >= 15 is 0 Å². The largest absolute Gasteiger partial charge is 0.756 e. The van der Waals surface area contributed by atoms with E-state index in [9.17, 15) is 19.4 Å². The third-order valence-electron chi connectivity index (χ3n) is 8.33. The number of allylic oxidation sites excluding steroid dienone is 13. The summed E-state index contributed by atoms with van der Waals surface area (Å²) in [5.74, 6) is -0.228. The summed E-state index contributed by atoms with van der Waals surface area (Å²) in [4.78, 5) is 25.2. The normalized spacial score (nSPS) is 15.4. The van der Waals surface area contributed by atoms with Gasteiger partial charge in [0.25, 0.3) is 7.82 Å². The van der Waals surface area contributed by atoms with Crippen LogP contribution in [0.3, 0.4) is 0 Å². The van der Waals surface area contributed by atoms with Crippen LogP contribution in [0.15, 0.2) is 85.1 Å². The first-order valence-electron chi connectivity index (χ1n) is 20.4. The molecule has 8 nitrogen and oxygen atoms in total. The van der Waals surface area contributed by atoms with E-state index in [0.29, 0.717) is 17.4 Å². The monoisotopic (exact) mass is 761 g/mol. The lowest BCUT2D eigenvalue weighted by Crippen LogP contribution is -2.45. The first-order valence-corrected chi connectivity index (χ1v) is 21.9. The van der Waals surface area contributed by atoms with Gasteiger partial charge in [0.15, 0.2) is 0 Å². The number of likely N-dealkylation sites (N-methyl/N-ethyl adjacent to an activating group) is 1. The second-order valence-corrected chi connectivity index (χ2v) is 16.0. The van der Waals surface area contributed by atoms with Gasteiger partial charge in [-0.15, -0.1) is 0 Å². The molecule has 0 aliphatic rings. The van der Waals surface area contributed by atoms with Crippen LogP contribution in [0.1, 0.15) is 136 Å². The molecule has 0 aromatic heterocycles. The number of hydrogen-bond acceptors (Lipinski definition) is 6. The van der Waals surface area contributed by atoms with E-state index in [0.717, 1.165) is 89.9 Å². The van der Waals surface area contributed by atoms with Crippen molar-refractivity contribution in [3.8, 4) is 0 Å². The van der Waals surface area contributed by atoms with Crippen molar-refractivity contribution in [3.63, 3.8) is 0 Å². The molecule has 0 rings (SSSR count). The zero-order valence-corrected chi connectivity index (χ0v) is 35.1. The topological polar surface area (TPSA) is 108 Å². The van der Waals surface area contributed by atoms with Gasteiger partial charge in [-0.25, -0.2) is 0 Å². The minimum atomic E-state index is -4.60. The Hall–Kier alpha value is -2.32. The number of aliphatic hydroxyl groups is 1. The van der Waals surface area contributed by atoms with Crippen molar-refractivity contribution >= 4 is 13.7 Å². The van der Waals surface area contributed by atoms with E-state index in [1.807, 2.05) is 27.2 Å². The van der Waals surface area contributed by atoms with Crippen LogP contribution in [0.5, 0.6) is 0 Å². The highest BCUT2D eigenvalue weighted by Gasteiger charge is 2.23. The van der Waals surface area contributed by atoms with Gasteiger partial charge in [0, 0.05) is 6.42 Å². The molecule has 0 aromatic rings. The molecular formula is C44H77N2O6P. The van der Waals surface area contributed by atoms with Crippen LogP contribution >= 0.6 is 7.82 Å². The van der Waals surface area contributed by atoms with E-state index in [1.54, 1.807) is 6.08 Å². The lowest BCUT2D eigenvalue weighted by molar-refractivity contribution is -0.870. The Labute approximate surface area is 325 Å². The Morgan fingerprint density at radius 2 is 1.11 bits per heavy atom. The molecule has 0 aromatic carbocycles. The Balaban J connectivity index is 4.42. The van der Waals surface area contributed by atoms with Gasteiger partial charge in [-0.1, -0.05) is 137 Å². The molecule has 1 amide bonds. The Morgan fingerprint density at radius 1 is 0.660 bits per heavy atom. The van der Waals surface area contributed by atoms with E-state index in [1.165, 1.54) is 25.7 Å². The summed E-state index contributed by atoms with van der Waals surface area (Å²) < 4.78 is 23.1. The molecule has 9 heteroatoms. The van der Waals surface area contributed by atoms with Gasteiger partial charge >= 0.3 is 0 Å². The van der Waals surface area contributed by atoms with Crippen LogP contribution < -0.4 is 10.2 Å². The SMILES string of the molecule is CC/C=C\C/C=C\C/C=C\C/C=C\CCCCCCCCCCC(=O)NC(COP(=O)([O-])OCC[N+](C)(C)C)C(O)/C=C/CC/C=C/CC/C=C/CC. The molecular weight excluding hydrogens is 683 g/mol. The summed E-state index contributed by atoms with van der Waals surface area (Å²) in [6.07, 6.45) is 47.8. The summed E-state index contributed by atoms with van der Waals surface area (Å²) in [7, 11) is 1.21. The van der Waals surface area contributed by atoms with Crippen LogP contribution in [0.4, 0.5) is 0 Å². The Kier molecular flexibility index (Phi) is 33.8. The predicted octanol–water partition coefficient (Wildman–Crippen LogP) is 10.4. The molecule has 0 bridgehead atoms. The second-order valence-electron chi connectivity index (χ2n) is 14.6. The molecule has 0 saturated heterocycles. The highest BCUT2D eigenvalue weighted by Crippen LogP contribution is 2.38. The molecule has 0 heterocycles. The molecule has 3 atom stereocenters. The Bertz CT molecular complexity index is 1140. The van der Waals surface area contributed by atoms with E-state index in [-0.39, 0.29) is 12.5 Å². The maximum absolute atomic E-state index is 12.8. The number of carbonyl (C=O) groups excluding carboxylic acids is 1. The molecule has 2 N–H and O–H groups in total. The zero-order chi connectivity index (χ0) is 39.3. The second kappa shape index (κ2) is 35.4. The lowest BCUT2D eigenvalue weighted by atomic mass is 10.1. The molecule has 0 saturated carbocycles. The van der Waals surface area contributed by atoms with Gasteiger partial charge in [0.2, 0.25) is 5.91 Å². The van der Waals surface area contributed by atoms with Gasteiger partial charge in [-0.2, -0.15) is 0 Å². The predicted molar refractivity (Wildman–Crippen MR) is 223 cm³/mol. The third kappa shape index (κ3) is 37.8. The zero-order valence-electron chi connectivity index (χ0n) is 34.2. The molecule has 304 valence electrons. The average Bonchev–Trinajstić information content (AvgIpc) is 3.10. The fourth-order valence-corrected chi connectivity index (χ4v) is 5.84. The first-order chi connectivity index (χ1) is 25.5. The minimum Gasteiger partial charge on any atom is -0.756 e. The van der Waals surface area contributed by atoms with Crippen LogP contribution in [0, 0.1) is 0 Å². The van der Waals surface area contributed by atoms with Crippen LogP contribution in [0.25, 0.3) is 0 Å². The van der Waals surface area contributed by atoms with Crippen molar-refractivity contribution < 1.29 is 32.9 Å². The van der Waals surface area contributed by atoms with Gasteiger partial charge in [0.1, 0.15) is 13.2 Å². The minimum absolute atomic E-state index is 0.0157. The van der Waals surface area contributed by atoms with Crippen molar-refractivity contribution in [2.45, 2.75) is 148 Å². The third-order valence-corrected chi connectivity index (χ3v) is 9.29. The first kappa shape index (κ1) is 50.7. The molecule has 3 unspecified atom stereocenters. The summed E-state index contributed by atoms with van der Waals surface area (Å²) in [5, 5.41) is 13.7. The number of phosphoric acid groups is 1. The van der Waals surface area contributed by atoms with Gasteiger partial charge < -0.3 is 28.8 Å². The molecule has 0 radical (unpaired) electrons. The quantitative estimate of drug-likeness (QED) is 0.0288. The summed E-state index contributed by atoms with van der Waals surface area (Å²) in [5.41, 5.74) is 0. The van der Waals surface area contributed by atoms with E-state index < -0.39 is 26.6 Å². The highest BCUT2D eigenvalue weighted by molar-refractivity contribution is 7.45. The van der Waals surface area contributed by atoms with Crippen molar-refractivity contribution in [2.24, 2.45) is 0 Å². The molecule has 0 aliphatic heterocycles. The number of unbranched alkanes of at least 4 members (excludes halogenated alkanes) is 10. The van der Waals surface area contributed by atoms with Crippen molar-refractivity contribution in [1.82, 2.24) is 5.32 Å². The number of carbonyl (C=O) groups is 1. The van der Waals surface area contributed by atoms with Crippen molar-refractivity contribution in [3.05, 3.63) is 85.1 Å². The van der Waals surface area contributed by atoms with Crippen LogP contribution in [-0.2, 0) is 18.4 Å². The molecule has 0 spiro atoms. The van der Waals surface area contributed by atoms with Gasteiger partial charge in [0.05, 0.1) is 39.9 Å². The molecule has 0 aliphatic carbocycles. The maximum atomic E-state index is 12.8. The summed E-state index contributed by atoms with van der Waals surface area (Å²) in [6, 6.07) is -0.916. The number of nitrogens with one attached hydrogen (secondary N) is 1. The smallest absolute Gasteiger partial charge is 0.268 e. The van der Waals surface area contributed by atoms with E-state index in [4.69, 9.17) is 9.05 Å².